The molecular weight excluding hydrogens is 264 g/mol. The molecule has 0 spiro atoms. The number of hydrogen-bond acceptors (Lipinski definition) is 4. The van der Waals surface area contributed by atoms with Gasteiger partial charge >= 0.3 is 0 Å². The first-order valence-corrected chi connectivity index (χ1v) is 7.74. The van der Waals surface area contributed by atoms with Crippen molar-refractivity contribution < 1.29 is 0 Å². The van der Waals surface area contributed by atoms with Gasteiger partial charge in [-0.2, -0.15) is 5.26 Å². The van der Waals surface area contributed by atoms with Crippen molar-refractivity contribution in [2.24, 2.45) is 0 Å². The van der Waals surface area contributed by atoms with Crippen LogP contribution < -0.4 is 10.9 Å². The molecule has 2 heterocycles. The number of aromatic nitrogens is 1. The maximum Gasteiger partial charge on any atom is 0.274 e. The number of nitriles is 1. The Morgan fingerprint density at radius 1 is 1.38 bits per heavy atom. The number of nitrogens with one attached hydrogen (secondary N) is 1. The highest BCUT2D eigenvalue weighted by molar-refractivity contribution is 5.39. The summed E-state index contributed by atoms with van der Waals surface area (Å²) in [4.78, 5) is 14.5. The van der Waals surface area contributed by atoms with Crippen LogP contribution in [0.15, 0.2) is 23.1 Å². The molecule has 116 valence electrons. The van der Waals surface area contributed by atoms with Crippen molar-refractivity contribution in [3.8, 4) is 6.07 Å². The molecule has 0 aliphatic carbocycles. The van der Waals surface area contributed by atoms with Crippen LogP contribution in [-0.2, 0) is 0 Å². The van der Waals surface area contributed by atoms with E-state index in [0.717, 1.165) is 32.5 Å². The minimum atomic E-state index is 0.0560. The first-order valence-electron chi connectivity index (χ1n) is 7.74. The highest BCUT2D eigenvalue weighted by atomic mass is 16.1. The average molecular weight is 290 g/mol. The van der Waals surface area contributed by atoms with Crippen molar-refractivity contribution >= 4 is 5.69 Å². The number of rotatable bonds is 4. The maximum absolute atomic E-state index is 12.2. The second kappa shape index (κ2) is 9.19. The van der Waals surface area contributed by atoms with Gasteiger partial charge in [0.05, 0.1) is 6.07 Å². The molecule has 1 aromatic rings. The Morgan fingerprint density at radius 2 is 2.05 bits per heavy atom. The highest BCUT2D eigenvalue weighted by Gasteiger charge is 2.21. The Hall–Kier alpha value is -1.80. The summed E-state index contributed by atoms with van der Waals surface area (Å²) in [6.45, 7) is 6.76. The molecule has 0 aromatic carbocycles. The van der Waals surface area contributed by atoms with E-state index in [4.69, 9.17) is 5.26 Å². The van der Waals surface area contributed by atoms with Gasteiger partial charge < -0.3 is 14.8 Å². The monoisotopic (exact) mass is 290 g/mol. The van der Waals surface area contributed by atoms with Crippen molar-refractivity contribution in [3.05, 3.63) is 28.7 Å². The van der Waals surface area contributed by atoms with Crippen LogP contribution in [0.25, 0.3) is 0 Å². The first-order chi connectivity index (χ1) is 10.3. The zero-order valence-corrected chi connectivity index (χ0v) is 13.3. The summed E-state index contributed by atoms with van der Waals surface area (Å²) in [7, 11) is 1.77. The summed E-state index contributed by atoms with van der Waals surface area (Å²) in [5.74, 6) is 0. The number of hydrogen-bond donors (Lipinski definition) is 1. The van der Waals surface area contributed by atoms with Crippen molar-refractivity contribution in [1.82, 2.24) is 9.47 Å². The Labute approximate surface area is 127 Å². The van der Waals surface area contributed by atoms with Crippen molar-refractivity contribution in [2.75, 3.05) is 32.0 Å². The van der Waals surface area contributed by atoms with E-state index in [-0.39, 0.29) is 11.6 Å². The lowest BCUT2D eigenvalue weighted by molar-refractivity contribution is 0.188. The Balaban J connectivity index is 0.00000106. The topological polar surface area (TPSA) is 61.1 Å². The van der Waals surface area contributed by atoms with Crippen molar-refractivity contribution in [1.29, 1.82) is 5.26 Å². The van der Waals surface area contributed by atoms with E-state index in [1.165, 1.54) is 0 Å². The Morgan fingerprint density at radius 3 is 2.62 bits per heavy atom. The van der Waals surface area contributed by atoms with Gasteiger partial charge in [-0.05, 0) is 25.0 Å². The zero-order chi connectivity index (χ0) is 15.7. The molecule has 0 radical (unpaired) electrons. The van der Waals surface area contributed by atoms with E-state index in [2.05, 4.69) is 16.3 Å². The summed E-state index contributed by atoms with van der Waals surface area (Å²) in [5.41, 5.74) is 0.704. The summed E-state index contributed by atoms with van der Waals surface area (Å²) in [6, 6.07) is 6.17. The molecule has 1 fully saturated rings. The maximum atomic E-state index is 12.2. The van der Waals surface area contributed by atoms with Crippen molar-refractivity contribution in [3.63, 3.8) is 0 Å². The van der Waals surface area contributed by atoms with Crippen LogP contribution in [0, 0.1) is 11.3 Å². The number of nitrogens with zero attached hydrogens (tertiary/aromatic N) is 3. The summed E-state index contributed by atoms with van der Waals surface area (Å²) in [6.07, 6.45) is 4.40. The summed E-state index contributed by atoms with van der Waals surface area (Å²) >= 11 is 0. The van der Waals surface area contributed by atoms with Gasteiger partial charge in [-0.25, -0.2) is 0 Å². The second-order valence-corrected chi connectivity index (χ2v) is 4.87. The van der Waals surface area contributed by atoms with Gasteiger partial charge in [0.1, 0.15) is 5.69 Å². The Bertz CT molecular complexity index is 510. The van der Waals surface area contributed by atoms with Crippen LogP contribution in [-0.4, -0.2) is 36.1 Å². The van der Waals surface area contributed by atoms with E-state index < -0.39 is 0 Å². The molecule has 0 bridgehead atoms. The lowest BCUT2D eigenvalue weighted by Gasteiger charge is -2.32. The summed E-state index contributed by atoms with van der Waals surface area (Å²) < 4.78 is 1.84. The van der Waals surface area contributed by atoms with Crippen LogP contribution in [0.1, 0.15) is 39.2 Å². The zero-order valence-electron chi connectivity index (χ0n) is 13.3. The van der Waals surface area contributed by atoms with Gasteiger partial charge in [-0.15, -0.1) is 0 Å². The van der Waals surface area contributed by atoms with Crippen LogP contribution in [0.3, 0.4) is 0 Å². The fourth-order valence-corrected chi connectivity index (χ4v) is 2.62. The third-order valence-electron chi connectivity index (χ3n) is 3.73. The predicted octanol–water partition coefficient (Wildman–Crippen LogP) is 2.47. The molecular formula is C16H26N4O. The molecule has 0 unspecified atom stereocenters. The van der Waals surface area contributed by atoms with Crippen molar-refractivity contribution in [2.45, 2.75) is 39.2 Å². The molecule has 1 aliphatic heterocycles. The SMILES string of the molecule is CC.CNc1cccn(C2CCN(CCC#N)CC2)c1=O. The average Bonchev–Trinajstić information content (AvgIpc) is 2.55. The quantitative estimate of drug-likeness (QED) is 0.925. The molecule has 1 N–H and O–H groups in total. The summed E-state index contributed by atoms with van der Waals surface area (Å²) in [5, 5.41) is 11.5. The van der Waals surface area contributed by atoms with Gasteiger partial charge in [0.25, 0.3) is 5.56 Å². The lowest BCUT2D eigenvalue weighted by Crippen LogP contribution is -2.38. The standard InChI is InChI=1S/C14H20N4O.C2H6/c1-16-13-4-2-9-18(14(13)19)12-5-10-17(11-6-12)8-3-7-15;1-2/h2,4,9,12,16H,3,5-6,8,10-11H2,1H3;1-2H3. The molecule has 0 saturated carbocycles. The number of anilines is 1. The van der Waals surface area contributed by atoms with Gasteiger partial charge in [0.2, 0.25) is 0 Å². The molecule has 0 amide bonds. The Kier molecular flexibility index (Phi) is 7.55. The fraction of sp³-hybridized carbons (Fsp3) is 0.625. The van der Waals surface area contributed by atoms with E-state index in [1.807, 2.05) is 30.7 Å². The lowest BCUT2D eigenvalue weighted by atomic mass is 10.0. The molecule has 5 nitrogen and oxygen atoms in total. The minimum absolute atomic E-state index is 0.0560. The van der Waals surface area contributed by atoms with Crippen LogP contribution in [0.2, 0.25) is 0 Å². The largest absolute Gasteiger partial charge is 0.384 e. The van der Waals surface area contributed by atoms with Gasteiger partial charge in [0.15, 0.2) is 0 Å². The van der Waals surface area contributed by atoms with E-state index in [9.17, 15) is 4.79 Å². The van der Waals surface area contributed by atoms with Gasteiger partial charge in [-0.1, -0.05) is 13.8 Å². The highest BCUT2D eigenvalue weighted by Crippen LogP contribution is 2.21. The molecule has 2 rings (SSSR count). The minimum Gasteiger partial charge on any atom is -0.384 e. The molecule has 1 aromatic heterocycles. The number of pyridine rings is 1. The normalized spacial score (nSPS) is 15.7. The van der Waals surface area contributed by atoms with E-state index >= 15 is 0 Å². The van der Waals surface area contributed by atoms with Crippen LogP contribution in [0.5, 0.6) is 0 Å². The molecule has 1 saturated heterocycles. The number of likely N-dealkylation sites (tertiary alicyclic amines) is 1. The molecule has 0 atom stereocenters. The second-order valence-electron chi connectivity index (χ2n) is 4.87. The first kappa shape index (κ1) is 17.3. The molecule has 1 aliphatic rings. The number of piperidine rings is 1. The predicted molar refractivity (Wildman–Crippen MR) is 86.5 cm³/mol. The molecule has 5 heteroatoms. The van der Waals surface area contributed by atoms with Gasteiger partial charge in [-0.3, -0.25) is 4.79 Å². The van der Waals surface area contributed by atoms with Gasteiger partial charge in [0, 0.05) is 45.3 Å². The molecule has 21 heavy (non-hydrogen) atoms. The fourth-order valence-electron chi connectivity index (χ4n) is 2.62. The van der Waals surface area contributed by atoms with Crippen LogP contribution >= 0.6 is 0 Å². The third kappa shape index (κ3) is 4.61. The van der Waals surface area contributed by atoms with Crippen LogP contribution in [0.4, 0.5) is 5.69 Å². The van der Waals surface area contributed by atoms with E-state index in [0.29, 0.717) is 12.1 Å². The third-order valence-corrected chi connectivity index (χ3v) is 3.73. The smallest absolute Gasteiger partial charge is 0.274 e. The van der Waals surface area contributed by atoms with E-state index in [1.54, 1.807) is 13.1 Å².